The molecule has 0 fully saturated rings. The van der Waals surface area contributed by atoms with E-state index in [9.17, 15) is 23.3 Å². The predicted molar refractivity (Wildman–Crippen MR) is 141 cm³/mol. The number of hydrogen-bond donors (Lipinski definition) is 2. The first-order chi connectivity index (χ1) is 17.0. The molecule has 0 aromatic heterocycles. The Morgan fingerprint density at radius 1 is 0.972 bits per heavy atom. The number of rotatable bonds is 7. The van der Waals surface area contributed by atoms with E-state index in [4.69, 9.17) is 27.4 Å². The molecule has 3 aromatic rings. The first-order valence-corrected chi connectivity index (χ1v) is 12.9. The van der Waals surface area contributed by atoms with Gasteiger partial charge < -0.3 is 14.8 Å². The third-order valence-electron chi connectivity index (χ3n) is 4.47. The summed E-state index contributed by atoms with van der Waals surface area (Å²) in [5, 5.41) is 15.1. The maximum atomic E-state index is 12.6. The largest absolute Gasteiger partial charge is 0.378 e. The highest BCUT2D eigenvalue weighted by Crippen LogP contribution is 2.30. The molecule has 0 spiro atoms. The number of nitriles is 1. The summed E-state index contributed by atoms with van der Waals surface area (Å²) in [6, 6.07) is 16.2. The van der Waals surface area contributed by atoms with Crippen LogP contribution in [-0.4, -0.2) is 20.2 Å². The van der Waals surface area contributed by atoms with E-state index in [1.54, 1.807) is 0 Å². The lowest BCUT2D eigenvalue weighted by Gasteiger charge is -2.10. The van der Waals surface area contributed by atoms with Crippen molar-refractivity contribution in [2.75, 3.05) is 10.6 Å². The molecule has 0 aliphatic heterocycles. The molecule has 3 aromatic carbocycles. The summed E-state index contributed by atoms with van der Waals surface area (Å²) < 4.78 is 30.8. The van der Waals surface area contributed by atoms with Crippen LogP contribution in [0.3, 0.4) is 0 Å². The van der Waals surface area contributed by atoms with Gasteiger partial charge in [0.15, 0.2) is 5.75 Å². The topological polar surface area (TPSA) is 125 Å². The van der Waals surface area contributed by atoms with Gasteiger partial charge in [-0.15, -0.1) is 0 Å². The minimum absolute atomic E-state index is 0.00291. The zero-order valence-corrected chi connectivity index (χ0v) is 22.3. The number of benzene rings is 3. The second-order valence-corrected chi connectivity index (χ2v) is 10.4. The molecule has 0 aliphatic rings. The molecule has 0 unspecified atom stereocenters. The number of carbonyl (C=O) groups excluding carboxylic acids is 2. The van der Waals surface area contributed by atoms with Gasteiger partial charge in [0.2, 0.25) is 5.91 Å². The molecular formula is C24H16BrCl2N3O5S. The summed E-state index contributed by atoms with van der Waals surface area (Å²) in [6.45, 7) is 1.34. The molecule has 0 bridgehead atoms. The van der Waals surface area contributed by atoms with Crippen LogP contribution >= 0.6 is 39.1 Å². The molecule has 0 heterocycles. The second-order valence-electron chi connectivity index (χ2n) is 7.19. The molecule has 2 amide bonds. The smallest absolute Gasteiger partial charge is 0.339 e. The Hall–Kier alpha value is -3.36. The summed E-state index contributed by atoms with van der Waals surface area (Å²) in [5.74, 6) is -0.958. The van der Waals surface area contributed by atoms with Crippen molar-refractivity contribution in [3.8, 4) is 11.8 Å². The van der Waals surface area contributed by atoms with Gasteiger partial charge in [-0.05, 0) is 82.2 Å². The Kier molecular flexibility index (Phi) is 8.76. The van der Waals surface area contributed by atoms with Gasteiger partial charge in [0.05, 0.1) is 14.5 Å². The second kappa shape index (κ2) is 11.6. The van der Waals surface area contributed by atoms with Crippen molar-refractivity contribution in [1.29, 1.82) is 5.26 Å². The van der Waals surface area contributed by atoms with Crippen molar-refractivity contribution >= 4 is 78.5 Å². The van der Waals surface area contributed by atoms with Gasteiger partial charge in [0.25, 0.3) is 5.91 Å². The highest BCUT2D eigenvalue weighted by atomic mass is 79.9. The van der Waals surface area contributed by atoms with Crippen LogP contribution in [0.1, 0.15) is 12.5 Å². The minimum atomic E-state index is -4.17. The maximum absolute atomic E-state index is 12.6. The van der Waals surface area contributed by atoms with E-state index in [0.717, 1.165) is 0 Å². The Balaban J connectivity index is 1.77. The van der Waals surface area contributed by atoms with E-state index in [2.05, 4.69) is 26.6 Å². The summed E-state index contributed by atoms with van der Waals surface area (Å²) in [6.07, 6.45) is 1.33. The Labute approximate surface area is 225 Å². The number of nitrogens with zero attached hydrogens (tertiary/aromatic N) is 1. The zero-order chi connectivity index (χ0) is 26.5. The normalized spacial score (nSPS) is 11.4. The maximum Gasteiger partial charge on any atom is 0.339 e. The number of hydrogen-bond acceptors (Lipinski definition) is 6. The fourth-order valence-corrected chi connectivity index (χ4v) is 4.67. The molecule has 184 valence electrons. The lowest BCUT2D eigenvalue weighted by Crippen LogP contribution is -2.13. The number of anilines is 2. The van der Waals surface area contributed by atoms with Crippen molar-refractivity contribution in [3.63, 3.8) is 0 Å². The van der Waals surface area contributed by atoms with Gasteiger partial charge in [0.1, 0.15) is 16.5 Å². The van der Waals surface area contributed by atoms with Crippen LogP contribution in [0, 0.1) is 11.3 Å². The molecule has 8 nitrogen and oxygen atoms in total. The summed E-state index contributed by atoms with van der Waals surface area (Å²) in [4.78, 5) is 23.5. The van der Waals surface area contributed by atoms with E-state index in [-0.39, 0.29) is 31.6 Å². The van der Waals surface area contributed by atoms with Gasteiger partial charge in [-0.1, -0.05) is 29.3 Å². The Morgan fingerprint density at radius 3 is 2.22 bits per heavy atom. The van der Waals surface area contributed by atoms with Crippen LogP contribution < -0.4 is 14.8 Å². The molecule has 3 rings (SSSR count). The van der Waals surface area contributed by atoms with Crippen LogP contribution in [0.25, 0.3) is 6.08 Å². The highest BCUT2D eigenvalue weighted by Gasteiger charge is 2.19. The van der Waals surface area contributed by atoms with Gasteiger partial charge >= 0.3 is 10.1 Å². The van der Waals surface area contributed by atoms with E-state index in [1.165, 1.54) is 73.7 Å². The minimum Gasteiger partial charge on any atom is -0.378 e. The monoisotopic (exact) mass is 607 g/mol. The molecule has 36 heavy (non-hydrogen) atoms. The zero-order valence-electron chi connectivity index (χ0n) is 18.4. The van der Waals surface area contributed by atoms with Crippen molar-refractivity contribution in [2.45, 2.75) is 11.8 Å². The number of halogens is 3. The molecule has 0 atom stereocenters. The average Bonchev–Trinajstić information content (AvgIpc) is 2.81. The Bertz CT molecular complexity index is 1520. The molecule has 12 heteroatoms. The van der Waals surface area contributed by atoms with E-state index < -0.39 is 16.0 Å². The predicted octanol–water partition coefficient (Wildman–Crippen LogP) is 6.03. The van der Waals surface area contributed by atoms with Crippen molar-refractivity contribution < 1.29 is 22.2 Å². The molecule has 0 radical (unpaired) electrons. The van der Waals surface area contributed by atoms with Gasteiger partial charge in [-0.3, -0.25) is 9.59 Å². The first kappa shape index (κ1) is 27.2. The van der Waals surface area contributed by atoms with Crippen LogP contribution in [0.2, 0.25) is 10.0 Å². The molecule has 0 saturated carbocycles. The number of carbonyl (C=O) groups is 2. The summed E-state index contributed by atoms with van der Waals surface area (Å²) >= 11 is 15.1. The third-order valence-corrected chi connectivity index (χ3v) is 7.08. The third kappa shape index (κ3) is 7.08. The van der Waals surface area contributed by atoms with E-state index in [0.29, 0.717) is 22.0 Å². The number of nitrogens with one attached hydrogen (secondary N) is 2. The SMILES string of the molecule is CC(=O)Nc1ccc(S(=O)(=O)Oc2ccc(/C=C(\C#N)C(=O)Nc3ccc(Cl)c(Cl)c3)cc2Br)cc1. The molecule has 0 saturated heterocycles. The summed E-state index contributed by atoms with van der Waals surface area (Å²) in [7, 11) is -4.17. The van der Waals surface area contributed by atoms with Crippen LogP contribution in [-0.2, 0) is 19.7 Å². The Morgan fingerprint density at radius 2 is 1.64 bits per heavy atom. The average molecular weight is 609 g/mol. The fraction of sp³-hybridized carbons (Fsp3) is 0.0417. The first-order valence-electron chi connectivity index (χ1n) is 9.98. The van der Waals surface area contributed by atoms with Crippen molar-refractivity contribution in [1.82, 2.24) is 0 Å². The standard InChI is InChI=1S/C24H16BrCl2N3O5S/c1-14(31)29-17-3-6-19(7-4-17)36(33,34)35-23-9-2-15(11-20(23)25)10-16(13-28)24(32)30-18-5-8-21(26)22(27)12-18/h2-12H,1H3,(H,29,31)(H,30,32)/b16-10+. The summed E-state index contributed by atoms with van der Waals surface area (Å²) in [5.41, 5.74) is 1.03. The van der Waals surface area contributed by atoms with Crippen molar-refractivity contribution in [3.05, 3.63) is 86.3 Å². The van der Waals surface area contributed by atoms with Crippen LogP contribution in [0.15, 0.2) is 75.6 Å². The lowest BCUT2D eigenvalue weighted by molar-refractivity contribution is -0.114. The van der Waals surface area contributed by atoms with E-state index in [1.807, 2.05) is 6.07 Å². The lowest BCUT2D eigenvalue weighted by atomic mass is 10.1. The highest BCUT2D eigenvalue weighted by molar-refractivity contribution is 9.10. The number of amides is 2. The molecular weight excluding hydrogens is 593 g/mol. The molecule has 2 N–H and O–H groups in total. The van der Waals surface area contributed by atoms with E-state index >= 15 is 0 Å². The molecule has 0 aliphatic carbocycles. The van der Waals surface area contributed by atoms with Gasteiger partial charge in [-0.2, -0.15) is 13.7 Å². The van der Waals surface area contributed by atoms with Crippen molar-refractivity contribution in [2.24, 2.45) is 0 Å². The van der Waals surface area contributed by atoms with Crippen LogP contribution in [0.5, 0.6) is 5.75 Å². The van der Waals surface area contributed by atoms with Gasteiger partial charge in [-0.25, -0.2) is 0 Å². The van der Waals surface area contributed by atoms with Gasteiger partial charge in [0, 0.05) is 18.3 Å². The van der Waals surface area contributed by atoms with Crippen LogP contribution in [0.4, 0.5) is 11.4 Å². The quantitative estimate of drug-likeness (QED) is 0.192. The fourth-order valence-electron chi connectivity index (χ4n) is 2.84.